The normalized spacial score (nSPS) is 19.2. The third-order valence-corrected chi connectivity index (χ3v) is 3.44. The van der Waals surface area contributed by atoms with E-state index in [4.69, 9.17) is 4.74 Å². The number of rotatable bonds is 8. The lowest BCUT2D eigenvalue weighted by molar-refractivity contribution is -0.000209. The summed E-state index contributed by atoms with van der Waals surface area (Å²) in [6.07, 6.45) is 6.21. The molecule has 0 aromatic carbocycles. The second-order valence-corrected chi connectivity index (χ2v) is 4.91. The molecular formula is C14H26N2O. The van der Waals surface area contributed by atoms with Crippen molar-refractivity contribution in [3.05, 3.63) is 25.3 Å². The van der Waals surface area contributed by atoms with Gasteiger partial charge >= 0.3 is 0 Å². The summed E-state index contributed by atoms with van der Waals surface area (Å²) in [7, 11) is 2.03. The van der Waals surface area contributed by atoms with Gasteiger partial charge in [0.05, 0.1) is 0 Å². The Kier molecular flexibility index (Phi) is 6.48. The SMILES string of the molecule is C=CCN(CC=C)CC1(CNC)CCOCC1. The minimum atomic E-state index is 0.346. The number of nitrogens with one attached hydrogen (secondary N) is 1. The Balaban J connectivity index is 2.61. The van der Waals surface area contributed by atoms with Crippen molar-refractivity contribution in [1.82, 2.24) is 10.2 Å². The molecule has 0 amide bonds. The Morgan fingerprint density at radius 3 is 2.29 bits per heavy atom. The molecule has 1 rings (SSSR count). The van der Waals surface area contributed by atoms with Crippen molar-refractivity contribution in [2.75, 3.05) is 46.4 Å². The highest BCUT2D eigenvalue weighted by Crippen LogP contribution is 2.30. The van der Waals surface area contributed by atoms with Crippen molar-refractivity contribution in [2.45, 2.75) is 12.8 Å². The Morgan fingerprint density at radius 2 is 1.82 bits per heavy atom. The van der Waals surface area contributed by atoms with Gasteiger partial charge in [0.15, 0.2) is 0 Å². The molecule has 0 atom stereocenters. The number of hydrogen-bond donors (Lipinski definition) is 1. The molecule has 1 aliphatic rings. The predicted molar refractivity (Wildman–Crippen MR) is 73.2 cm³/mol. The van der Waals surface area contributed by atoms with Gasteiger partial charge in [-0.15, -0.1) is 13.2 Å². The van der Waals surface area contributed by atoms with E-state index in [2.05, 4.69) is 23.4 Å². The van der Waals surface area contributed by atoms with Gasteiger partial charge in [-0.3, -0.25) is 4.90 Å². The van der Waals surface area contributed by atoms with E-state index in [0.29, 0.717) is 5.41 Å². The molecule has 0 aliphatic carbocycles. The first-order valence-corrected chi connectivity index (χ1v) is 6.43. The molecule has 98 valence electrons. The molecule has 0 aromatic heterocycles. The second kappa shape index (κ2) is 7.64. The van der Waals surface area contributed by atoms with Crippen LogP contribution < -0.4 is 5.32 Å². The fraction of sp³-hybridized carbons (Fsp3) is 0.714. The van der Waals surface area contributed by atoms with Crippen LogP contribution in [0.2, 0.25) is 0 Å². The zero-order chi connectivity index (χ0) is 12.6. The number of nitrogens with zero attached hydrogens (tertiary/aromatic N) is 1. The minimum absolute atomic E-state index is 0.346. The molecule has 0 saturated carbocycles. The Morgan fingerprint density at radius 1 is 1.24 bits per heavy atom. The summed E-state index contributed by atoms with van der Waals surface area (Å²) < 4.78 is 5.49. The minimum Gasteiger partial charge on any atom is -0.381 e. The lowest BCUT2D eigenvalue weighted by atomic mass is 9.79. The summed E-state index contributed by atoms with van der Waals surface area (Å²) in [5.74, 6) is 0. The molecule has 0 spiro atoms. The van der Waals surface area contributed by atoms with E-state index in [9.17, 15) is 0 Å². The second-order valence-electron chi connectivity index (χ2n) is 4.91. The van der Waals surface area contributed by atoms with Crippen molar-refractivity contribution in [3.63, 3.8) is 0 Å². The van der Waals surface area contributed by atoms with Crippen molar-refractivity contribution >= 4 is 0 Å². The van der Waals surface area contributed by atoms with Crippen molar-refractivity contribution in [2.24, 2.45) is 5.41 Å². The van der Waals surface area contributed by atoms with Crippen LogP contribution in [0.4, 0.5) is 0 Å². The number of hydrogen-bond acceptors (Lipinski definition) is 3. The molecule has 0 bridgehead atoms. The largest absolute Gasteiger partial charge is 0.381 e. The molecule has 1 aliphatic heterocycles. The summed E-state index contributed by atoms with van der Waals surface area (Å²) >= 11 is 0. The summed E-state index contributed by atoms with van der Waals surface area (Å²) in [4.78, 5) is 2.41. The average molecular weight is 238 g/mol. The number of ether oxygens (including phenoxy) is 1. The maximum absolute atomic E-state index is 5.49. The molecule has 0 radical (unpaired) electrons. The van der Waals surface area contributed by atoms with Gasteiger partial charge in [-0.05, 0) is 25.3 Å². The van der Waals surface area contributed by atoms with Crippen LogP contribution in [0, 0.1) is 5.41 Å². The van der Waals surface area contributed by atoms with Crippen LogP contribution in [0.25, 0.3) is 0 Å². The molecular weight excluding hydrogens is 212 g/mol. The Labute approximate surface area is 106 Å². The van der Waals surface area contributed by atoms with Gasteiger partial charge in [0.2, 0.25) is 0 Å². The Hall–Kier alpha value is -0.640. The molecule has 3 heteroatoms. The maximum atomic E-state index is 5.49. The zero-order valence-corrected chi connectivity index (χ0v) is 11.1. The van der Waals surface area contributed by atoms with E-state index in [1.807, 2.05) is 19.2 Å². The van der Waals surface area contributed by atoms with Crippen LogP contribution in [0.1, 0.15) is 12.8 Å². The molecule has 1 N–H and O–H groups in total. The standard InChI is InChI=1S/C14H26N2O/c1-4-8-16(9-5-2)13-14(12-15-3)6-10-17-11-7-14/h4-5,15H,1-2,6-13H2,3H3. The molecule has 3 nitrogen and oxygen atoms in total. The third kappa shape index (κ3) is 4.62. The topological polar surface area (TPSA) is 24.5 Å². The fourth-order valence-corrected chi connectivity index (χ4v) is 2.61. The van der Waals surface area contributed by atoms with Crippen LogP contribution in [-0.4, -0.2) is 51.3 Å². The summed E-state index contributed by atoms with van der Waals surface area (Å²) in [5.41, 5.74) is 0.346. The quantitative estimate of drug-likeness (QED) is 0.651. The smallest absolute Gasteiger partial charge is 0.0472 e. The van der Waals surface area contributed by atoms with Crippen molar-refractivity contribution < 1.29 is 4.74 Å². The summed E-state index contributed by atoms with van der Waals surface area (Å²) in [6.45, 7) is 13.4. The Bertz CT molecular complexity index is 219. The van der Waals surface area contributed by atoms with Gasteiger partial charge in [-0.25, -0.2) is 0 Å². The van der Waals surface area contributed by atoms with Crippen molar-refractivity contribution in [1.29, 1.82) is 0 Å². The van der Waals surface area contributed by atoms with E-state index in [1.165, 1.54) is 0 Å². The van der Waals surface area contributed by atoms with E-state index >= 15 is 0 Å². The van der Waals surface area contributed by atoms with Gasteiger partial charge < -0.3 is 10.1 Å². The highest BCUT2D eigenvalue weighted by atomic mass is 16.5. The fourth-order valence-electron chi connectivity index (χ4n) is 2.61. The third-order valence-electron chi connectivity index (χ3n) is 3.44. The van der Waals surface area contributed by atoms with Gasteiger partial charge in [-0.1, -0.05) is 12.2 Å². The van der Waals surface area contributed by atoms with E-state index in [-0.39, 0.29) is 0 Å². The zero-order valence-electron chi connectivity index (χ0n) is 11.1. The molecule has 0 aromatic rings. The van der Waals surface area contributed by atoms with Gasteiger partial charge in [0, 0.05) is 39.4 Å². The van der Waals surface area contributed by atoms with Gasteiger partial charge in [-0.2, -0.15) is 0 Å². The summed E-state index contributed by atoms with van der Waals surface area (Å²) in [6, 6.07) is 0. The maximum Gasteiger partial charge on any atom is 0.0472 e. The highest BCUT2D eigenvalue weighted by Gasteiger charge is 2.33. The van der Waals surface area contributed by atoms with Crippen molar-refractivity contribution in [3.8, 4) is 0 Å². The van der Waals surface area contributed by atoms with Crippen LogP contribution in [0.5, 0.6) is 0 Å². The van der Waals surface area contributed by atoms with Crippen LogP contribution in [0.15, 0.2) is 25.3 Å². The monoisotopic (exact) mass is 238 g/mol. The predicted octanol–water partition coefficient (Wildman–Crippen LogP) is 1.68. The highest BCUT2D eigenvalue weighted by molar-refractivity contribution is 4.90. The molecule has 1 heterocycles. The van der Waals surface area contributed by atoms with Crippen LogP contribution in [-0.2, 0) is 4.74 Å². The molecule has 0 unspecified atom stereocenters. The van der Waals surface area contributed by atoms with E-state index in [0.717, 1.165) is 52.2 Å². The first-order valence-electron chi connectivity index (χ1n) is 6.43. The molecule has 1 saturated heterocycles. The lowest BCUT2D eigenvalue weighted by Gasteiger charge is -2.40. The van der Waals surface area contributed by atoms with E-state index in [1.54, 1.807) is 0 Å². The molecule has 17 heavy (non-hydrogen) atoms. The van der Waals surface area contributed by atoms with Crippen LogP contribution >= 0.6 is 0 Å². The van der Waals surface area contributed by atoms with Gasteiger partial charge in [0.25, 0.3) is 0 Å². The average Bonchev–Trinajstić information content (AvgIpc) is 2.31. The first kappa shape index (κ1) is 14.4. The lowest BCUT2D eigenvalue weighted by Crippen LogP contribution is -2.47. The first-order chi connectivity index (χ1) is 8.26. The van der Waals surface area contributed by atoms with E-state index < -0.39 is 0 Å². The van der Waals surface area contributed by atoms with Gasteiger partial charge in [0.1, 0.15) is 0 Å². The van der Waals surface area contributed by atoms with Crippen LogP contribution in [0.3, 0.4) is 0 Å². The molecule has 1 fully saturated rings. The summed E-state index contributed by atoms with van der Waals surface area (Å²) in [5, 5.41) is 3.33.